The van der Waals surface area contributed by atoms with Gasteiger partial charge in [-0.3, -0.25) is 9.69 Å². The second-order valence-electron chi connectivity index (χ2n) is 7.17. The summed E-state index contributed by atoms with van der Waals surface area (Å²) in [6.07, 6.45) is 0.609. The molecule has 3 N–H and O–H groups in total. The monoisotopic (exact) mass is 391 g/mol. The van der Waals surface area contributed by atoms with E-state index in [0.29, 0.717) is 25.7 Å². The Bertz CT molecular complexity index is 650. The normalized spacial score (nSPS) is 17.6. The highest BCUT2D eigenvalue weighted by molar-refractivity contribution is 5.86. The van der Waals surface area contributed by atoms with Crippen molar-refractivity contribution in [2.75, 3.05) is 54.0 Å². The second-order valence-corrected chi connectivity index (χ2v) is 7.17. The van der Waals surface area contributed by atoms with Gasteiger partial charge in [0.2, 0.25) is 5.91 Å². The number of amides is 1. The molecule has 28 heavy (non-hydrogen) atoms. The van der Waals surface area contributed by atoms with Crippen molar-refractivity contribution in [3.63, 3.8) is 0 Å². The van der Waals surface area contributed by atoms with Gasteiger partial charge in [0.25, 0.3) is 0 Å². The zero-order valence-corrected chi connectivity index (χ0v) is 17.1. The van der Waals surface area contributed by atoms with Crippen molar-refractivity contribution in [1.29, 1.82) is 0 Å². The minimum atomic E-state index is -0.222. The van der Waals surface area contributed by atoms with Crippen molar-refractivity contribution in [2.24, 2.45) is 4.99 Å². The molecule has 8 nitrogen and oxygen atoms in total. The zero-order valence-electron chi connectivity index (χ0n) is 17.1. The summed E-state index contributed by atoms with van der Waals surface area (Å²) in [5.41, 5.74) is 2.34. The molecule has 1 aromatic carbocycles. The number of ether oxygens (including phenoxy) is 1. The third-order valence-corrected chi connectivity index (χ3v) is 4.67. The van der Waals surface area contributed by atoms with E-state index in [-0.39, 0.29) is 18.6 Å². The number of aliphatic hydroxyl groups excluding tert-OH is 1. The Morgan fingerprint density at radius 2 is 2.07 bits per heavy atom. The van der Waals surface area contributed by atoms with Crippen molar-refractivity contribution in [1.82, 2.24) is 20.4 Å². The molecule has 0 spiro atoms. The lowest BCUT2D eigenvalue weighted by Gasteiger charge is -2.18. The van der Waals surface area contributed by atoms with Crippen LogP contribution in [0.4, 0.5) is 0 Å². The lowest BCUT2D eigenvalue weighted by Crippen LogP contribution is -2.43. The number of rotatable bonds is 9. The zero-order chi connectivity index (χ0) is 20.4. The minimum absolute atomic E-state index is 0.0192. The number of carbonyl (C=O) groups excluding carboxylic acids is 1. The van der Waals surface area contributed by atoms with E-state index in [1.807, 2.05) is 12.1 Å². The molecule has 0 aromatic heterocycles. The van der Waals surface area contributed by atoms with Gasteiger partial charge in [-0.25, -0.2) is 4.99 Å². The van der Waals surface area contributed by atoms with Gasteiger partial charge in [0.1, 0.15) is 0 Å². The molecule has 8 heteroatoms. The van der Waals surface area contributed by atoms with Crippen LogP contribution in [0.5, 0.6) is 0 Å². The van der Waals surface area contributed by atoms with E-state index in [4.69, 9.17) is 4.74 Å². The number of likely N-dealkylation sites (tertiary alicyclic amines) is 1. The Morgan fingerprint density at radius 1 is 1.32 bits per heavy atom. The number of β-amino-alcohol motifs (C(OH)–C–C–N with tert-alkyl or cyclic N) is 1. The Kier molecular flexibility index (Phi) is 9.19. The largest absolute Gasteiger partial charge is 0.392 e. The van der Waals surface area contributed by atoms with E-state index in [0.717, 1.165) is 31.6 Å². The van der Waals surface area contributed by atoms with Crippen LogP contribution in [-0.4, -0.2) is 86.9 Å². The number of aliphatic imine (C=N–C) groups is 1. The first-order valence-corrected chi connectivity index (χ1v) is 9.68. The quantitative estimate of drug-likeness (QED) is 0.313. The van der Waals surface area contributed by atoms with Crippen LogP contribution in [0.1, 0.15) is 17.5 Å². The summed E-state index contributed by atoms with van der Waals surface area (Å²) in [6.45, 7) is 4.28. The summed E-state index contributed by atoms with van der Waals surface area (Å²) in [7, 11) is 5.10. The fraction of sp³-hybridized carbons (Fsp3) is 0.600. The highest BCUT2D eigenvalue weighted by Crippen LogP contribution is 2.17. The van der Waals surface area contributed by atoms with Gasteiger partial charge in [0, 0.05) is 47.4 Å². The Morgan fingerprint density at radius 3 is 2.71 bits per heavy atom. The van der Waals surface area contributed by atoms with Crippen LogP contribution in [0.2, 0.25) is 0 Å². The highest BCUT2D eigenvalue weighted by Gasteiger charge is 2.20. The van der Waals surface area contributed by atoms with Gasteiger partial charge in [0.15, 0.2) is 5.96 Å². The summed E-state index contributed by atoms with van der Waals surface area (Å²) in [5, 5.41) is 16.0. The SMILES string of the molecule is COCCNC(=NCc1ccccc1CN1CCC(O)C1)NCC(=O)N(C)C. The van der Waals surface area contributed by atoms with Crippen molar-refractivity contribution in [3.8, 4) is 0 Å². The Labute approximate surface area is 167 Å². The van der Waals surface area contributed by atoms with Crippen LogP contribution in [0.15, 0.2) is 29.3 Å². The number of nitrogens with zero attached hydrogens (tertiary/aromatic N) is 3. The fourth-order valence-electron chi connectivity index (χ4n) is 2.99. The maximum Gasteiger partial charge on any atom is 0.241 e. The van der Waals surface area contributed by atoms with Crippen molar-refractivity contribution >= 4 is 11.9 Å². The number of methoxy groups -OCH3 is 1. The number of hydrogen-bond acceptors (Lipinski definition) is 5. The summed E-state index contributed by atoms with van der Waals surface area (Å²) in [4.78, 5) is 20.3. The number of nitrogens with one attached hydrogen (secondary N) is 2. The molecule has 1 heterocycles. The lowest BCUT2D eigenvalue weighted by molar-refractivity contribution is -0.127. The van der Waals surface area contributed by atoms with Gasteiger partial charge in [-0.05, 0) is 17.5 Å². The first-order chi connectivity index (χ1) is 13.5. The molecule has 0 radical (unpaired) electrons. The molecule has 0 bridgehead atoms. The third kappa shape index (κ3) is 7.46. The topological polar surface area (TPSA) is 89.4 Å². The van der Waals surface area contributed by atoms with Gasteiger partial charge in [-0.15, -0.1) is 0 Å². The predicted octanol–water partition coefficient (Wildman–Crippen LogP) is 0.0230. The summed E-state index contributed by atoms with van der Waals surface area (Å²) in [5.74, 6) is 0.563. The standard InChI is InChI=1S/C20H33N5O3/c1-24(2)19(27)13-23-20(21-9-11-28-3)22-12-16-6-4-5-7-17(16)14-25-10-8-18(26)15-25/h4-7,18,26H,8-15H2,1-3H3,(H2,21,22,23). The molecule has 0 saturated carbocycles. The number of aliphatic hydroxyl groups is 1. The second kappa shape index (κ2) is 11.6. The number of benzene rings is 1. The van der Waals surface area contributed by atoms with E-state index in [1.165, 1.54) is 5.56 Å². The molecule has 156 valence electrons. The number of hydrogen-bond donors (Lipinski definition) is 3. The maximum atomic E-state index is 11.9. The van der Waals surface area contributed by atoms with Gasteiger partial charge in [0.05, 0.1) is 25.8 Å². The molecule has 2 rings (SSSR count). The van der Waals surface area contributed by atoms with Crippen LogP contribution < -0.4 is 10.6 Å². The van der Waals surface area contributed by atoms with E-state index >= 15 is 0 Å². The van der Waals surface area contributed by atoms with E-state index in [2.05, 4.69) is 32.7 Å². The van der Waals surface area contributed by atoms with Crippen LogP contribution >= 0.6 is 0 Å². The summed E-state index contributed by atoms with van der Waals surface area (Å²) < 4.78 is 5.07. The maximum absolute atomic E-state index is 11.9. The molecule has 0 aliphatic carbocycles. The lowest BCUT2D eigenvalue weighted by atomic mass is 10.1. The number of likely N-dealkylation sites (N-methyl/N-ethyl adjacent to an activating group) is 1. The van der Waals surface area contributed by atoms with Gasteiger partial charge in [-0.2, -0.15) is 0 Å². The molecular weight excluding hydrogens is 358 g/mol. The first-order valence-electron chi connectivity index (χ1n) is 9.68. The Balaban J connectivity index is 2.01. The molecule has 1 fully saturated rings. The van der Waals surface area contributed by atoms with Gasteiger partial charge in [-0.1, -0.05) is 24.3 Å². The fourth-order valence-corrected chi connectivity index (χ4v) is 2.99. The van der Waals surface area contributed by atoms with Crippen LogP contribution in [0.3, 0.4) is 0 Å². The van der Waals surface area contributed by atoms with Crippen LogP contribution in [-0.2, 0) is 22.6 Å². The molecule has 1 amide bonds. The number of carbonyl (C=O) groups is 1. The molecule has 1 aliphatic heterocycles. The molecule has 1 unspecified atom stereocenters. The molecular formula is C20H33N5O3. The first kappa shape index (κ1) is 22.1. The van der Waals surface area contributed by atoms with Crippen molar-refractivity contribution in [2.45, 2.75) is 25.6 Å². The molecule has 1 aromatic rings. The smallest absolute Gasteiger partial charge is 0.241 e. The molecule has 1 saturated heterocycles. The van der Waals surface area contributed by atoms with Gasteiger partial charge < -0.3 is 25.4 Å². The van der Waals surface area contributed by atoms with E-state index in [9.17, 15) is 9.90 Å². The van der Waals surface area contributed by atoms with Crippen LogP contribution in [0.25, 0.3) is 0 Å². The average molecular weight is 392 g/mol. The van der Waals surface area contributed by atoms with Crippen LogP contribution in [0, 0.1) is 0 Å². The summed E-state index contributed by atoms with van der Waals surface area (Å²) >= 11 is 0. The number of guanidine groups is 1. The van der Waals surface area contributed by atoms with Crippen molar-refractivity contribution < 1.29 is 14.6 Å². The Hall–Kier alpha value is -2.16. The van der Waals surface area contributed by atoms with Crippen molar-refractivity contribution in [3.05, 3.63) is 35.4 Å². The third-order valence-electron chi connectivity index (χ3n) is 4.67. The highest BCUT2D eigenvalue weighted by atomic mass is 16.5. The predicted molar refractivity (Wildman–Crippen MR) is 110 cm³/mol. The van der Waals surface area contributed by atoms with E-state index in [1.54, 1.807) is 26.1 Å². The van der Waals surface area contributed by atoms with Gasteiger partial charge >= 0.3 is 0 Å². The van der Waals surface area contributed by atoms with E-state index < -0.39 is 0 Å². The molecule has 1 aliphatic rings. The average Bonchev–Trinajstić information content (AvgIpc) is 3.09. The molecule has 1 atom stereocenters. The minimum Gasteiger partial charge on any atom is -0.392 e. The summed E-state index contributed by atoms with van der Waals surface area (Å²) in [6, 6.07) is 8.22.